The van der Waals surface area contributed by atoms with Crippen LogP contribution in [0.3, 0.4) is 0 Å². The lowest BCUT2D eigenvalue weighted by atomic mass is 9.96. The molecule has 2 saturated heterocycles. The molecule has 0 bridgehead atoms. The van der Waals surface area contributed by atoms with Crippen LogP contribution in [0.5, 0.6) is 0 Å². The number of hydrogen-bond acceptors (Lipinski definition) is 4. The predicted octanol–water partition coefficient (Wildman–Crippen LogP) is 1.16. The molecule has 2 heterocycles. The van der Waals surface area contributed by atoms with Crippen molar-refractivity contribution in [1.82, 2.24) is 14.9 Å². The number of ether oxygens (including phenoxy) is 1. The summed E-state index contributed by atoms with van der Waals surface area (Å²) < 4.78 is 30.2. The molecule has 0 aromatic rings. The topological polar surface area (TPSA) is 87.7 Å². The van der Waals surface area contributed by atoms with Gasteiger partial charge in [0, 0.05) is 32.3 Å². The van der Waals surface area contributed by atoms with Crippen LogP contribution in [0.2, 0.25) is 0 Å². The van der Waals surface area contributed by atoms with Gasteiger partial charge in [-0.2, -0.15) is 0 Å². The Balaban J connectivity index is 1.68. The lowest BCUT2D eigenvalue weighted by Gasteiger charge is -2.31. The quantitative estimate of drug-likeness (QED) is 0.743. The molecule has 0 aromatic heterocycles. The van der Waals surface area contributed by atoms with Crippen LogP contribution in [0.15, 0.2) is 0 Å². The number of nitrogens with one attached hydrogen (secondary N) is 2. The first-order chi connectivity index (χ1) is 11.2. The molecule has 0 saturated carbocycles. The summed E-state index contributed by atoms with van der Waals surface area (Å²) in [4.78, 5) is 12.1. The molecule has 3 unspecified atom stereocenters. The number of urea groups is 1. The van der Waals surface area contributed by atoms with E-state index >= 15 is 0 Å². The molecule has 2 rings (SSSR count). The highest BCUT2D eigenvalue weighted by atomic mass is 32.2. The lowest BCUT2D eigenvalue weighted by molar-refractivity contribution is -0.00742. The highest BCUT2D eigenvalue weighted by Gasteiger charge is 2.29. The summed E-state index contributed by atoms with van der Waals surface area (Å²) in [7, 11) is -3.12. The van der Waals surface area contributed by atoms with Crippen LogP contribution in [-0.2, 0) is 14.8 Å². The SMILES string of the molecule is CC(C)CC1CC(NC(=O)NCC2CCN(S(C)(=O)=O)C2)CCO1. The molecular formula is C16H31N3O4S. The number of rotatable bonds is 6. The van der Waals surface area contributed by atoms with Gasteiger partial charge in [0.1, 0.15) is 0 Å². The zero-order chi connectivity index (χ0) is 17.7. The normalized spacial score (nSPS) is 28.9. The Labute approximate surface area is 145 Å². The summed E-state index contributed by atoms with van der Waals surface area (Å²) in [6.07, 6.45) is 4.96. The van der Waals surface area contributed by atoms with Crippen molar-refractivity contribution in [3.05, 3.63) is 0 Å². The summed E-state index contributed by atoms with van der Waals surface area (Å²) in [5.41, 5.74) is 0. The third kappa shape index (κ3) is 6.22. The van der Waals surface area contributed by atoms with E-state index in [1.165, 1.54) is 10.6 Å². The maximum Gasteiger partial charge on any atom is 0.315 e. The third-order valence-electron chi connectivity index (χ3n) is 4.71. The minimum Gasteiger partial charge on any atom is -0.378 e. The second-order valence-electron chi connectivity index (χ2n) is 7.47. The first-order valence-electron chi connectivity index (χ1n) is 8.85. The maximum atomic E-state index is 12.1. The molecule has 24 heavy (non-hydrogen) atoms. The van der Waals surface area contributed by atoms with E-state index in [1.54, 1.807) is 0 Å². The monoisotopic (exact) mass is 361 g/mol. The van der Waals surface area contributed by atoms with Gasteiger partial charge in [-0.3, -0.25) is 0 Å². The largest absolute Gasteiger partial charge is 0.378 e. The van der Waals surface area contributed by atoms with Gasteiger partial charge in [-0.05, 0) is 37.5 Å². The number of sulfonamides is 1. The zero-order valence-corrected chi connectivity index (χ0v) is 15.8. The Kier molecular flexibility index (Phi) is 6.88. The number of nitrogens with zero attached hydrogens (tertiary/aromatic N) is 1. The van der Waals surface area contributed by atoms with E-state index in [-0.39, 0.29) is 24.1 Å². The zero-order valence-electron chi connectivity index (χ0n) is 15.0. The molecule has 7 nitrogen and oxygen atoms in total. The number of amides is 2. The maximum absolute atomic E-state index is 12.1. The first-order valence-corrected chi connectivity index (χ1v) is 10.7. The van der Waals surface area contributed by atoms with Crippen molar-refractivity contribution in [3.63, 3.8) is 0 Å². The minimum atomic E-state index is -3.12. The molecule has 2 amide bonds. The lowest BCUT2D eigenvalue weighted by Crippen LogP contribution is -2.47. The van der Waals surface area contributed by atoms with Gasteiger partial charge < -0.3 is 15.4 Å². The fraction of sp³-hybridized carbons (Fsp3) is 0.938. The van der Waals surface area contributed by atoms with Crippen molar-refractivity contribution in [2.24, 2.45) is 11.8 Å². The molecule has 0 radical (unpaired) electrons. The predicted molar refractivity (Wildman–Crippen MR) is 93.3 cm³/mol. The van der Waals surface area contributed by atoms with E-state index in [4.69, 9.17) is 4.74 Å². The molecule has 2 aliphatic rings. The second-order valence-corrected chi connectivity index (χ2v) is 9.46. The Hall–Kier alpha value is -0.860. The van der Waals surface area contributed by atoms with Crippen LogP contribution in [0, 0.1) is 11.8 Å². The third-order valence-corrected chi connectivity index (χ3v) is 5.98. The van der Waals surface area contributed by atoms with Crippen LogP contribution < -0.4 is 10.6 Å². The van der Waals surface area contributed by atoms with Gasteiger partial charge >= 0.3 is 6.03 Å². The van der Waals surface area contributed by atoms with E-state index in [1.807, 2.05) is 0 Å². The number of carbonyl (C=O) groups excluding carboxylic acids is 1. The molecule has 2 fully saturated rings. The van der Waals surface area contributed by atoms with E-state index in [0.29, 0.717) is 32.2 Å². The Morgan fingerprint density at radius 1 is 1.33 bits per heavy atom. The average Bonchev–Trinajstić information content (AvgIpc) is 2.94. The summed E-state index contributed by atoms with van der Waals surface area (Å²) in [6, 6.07) is -0.0124. The molecular weight excluding hydrogens is 330 g/mol. The second kappa shape index (κ2) is 8.49. The standard InChI is InChI=1S/C16H31N3O4S/c1-12(2)8-15-9-14(5-7-23-15)18-16(20)17-10-13-4-6-19(11-13)24(3,21)22/h12-15H,4-11H2,1-3H3,(H2,17,18,20). The van der Waals surface area contributed by atoms with Crippen LogP contribution in [0.4, 0.5) is 4.79 Å². The van der Waals surface area contributed by atoms with Crippen LogP contribution in [-0.4, -0.2) is 63.4 Å². The summed E-state index contributed by atoms with van der Waals surface area (Å²) in [5.74, 6) is 0.775. The molecule has 3 atom stereocenters. The molecule has 8 heteroatoms. The molecule has 2 N–H and O–H groups in total. The summed E-state index contributed by atoms with van der Waals surface area (Å²) in [6.45, 7) is 6.59. The van der Waals surface area contributed by atoms with Crippen molar-refractivity contribution in [3.8, 4) is 0 Å². The summed E-state index contributed by atoms with van der Waals surface area (Å²) >= 11 is 0. The van der Waals surface area contributed by atoms with Gasteiger partial charge in [0.2, 0.25) is 10.0 Å². The summed E-state index contributed by atoms with van der Waals surface area (Å²) in [5, 5.41) is 5.91. The number of hydrogen-bond donors (Lipinski definition) is 2. The molecule has 0 aromatic carbocycles. The highest BCUT2D eigenvalue weighted by molar-refractivity contribution is 7.88. The van der Waals surface area contributed by atoms with Gasteiger partial charge in [-0.15, -0.1) is 0 Å². The van der Waals surface area contributed by atoms with Gasteiger partial charge in [0.25, 0.3) is 0 Å². The smallest absolute Gasteiger partial charge is 0.315 e. The van der Waals surface area contributed by atoms with Crippen LogP contribution in [0.25, 0.3) is 0 Å². The Morgan fingerprint density at radius 2 is 2.08 bits per heavy atom. The van der Waals surface area contributed by atoms with E-state index in [2.05, 4.69) is 24.5 Å². The Bertz CT molecular complexity index is 523. The van der Waals surface area contributed by atoms with E-state index < -0.39 is 10.0 Å². The van der Waals surface area contributed by atoms with Crippen molar-refractivity contribution >= 4 is 16.1 Å². The molecule has 0 aliphatic carbocycles. The number of carbonyl (C=O) groups is 1. The Morgan fingerprint density at radius 3 is 2.71 bits per heavy atom. The average molecular weight is 362 g/mol. The minimum absolute atomic E-state index is 0.151. The van der Waals surface area contributed by atoms with Gasteiger partial charge in [-0.1, -0.05) is 13.8 Å². The molecule has 2 aliphatic heterocycles. The van der Waals surface area contributed by atoms with Gasteiger partial charge in [0.15, 0.2) is 0 Å². The highest BCUT2D eigenvalue weighted by Crippen LogP contribution is 2.20. The van der Waals surface area contributed by atoms with Crippen LogP contribution >= 0.6 is 0 Å². The van der Waals surface area contributed by atoms with Crippen molar-refractivity contribution < 1.29 is 17.9 Å². The fourth-order valence-corrected chi connectivity index (χ4v) is 4.36. The van der Waals surface area contributed by atoms with Gasteiger partial charge in [-0.25, -0.2) is 17.5 Å². The van der Waals surface area contributed by atoms with E-state index in [0.717, 1.165) is 25.7 Å². The van der Waals surface area contributed by atoms with Crippen molar-refractivity contribution in [2.45, 2.75) is 51.7 Å². The van der Waals surface area contributed by atoms with Crippen molar-refractivity contribution in [1.29, 1.82) is 0 Å². The molecule has 140 valence electrons. The fourth-order valence-electron chi connectivity index (χ4n) is 3.44. The van der Waals surface area contributed by atoms with Crippen LogP contribution in [0.1, 0.15) is 39.5 Å². The van der Waals surface area contributed by atoms with Crippen molar-refractivity contribution in [2.75, 3.05) is 32.5 Å². The van der Waals surface area contributed by atoms with Gasteiger partial charge in [0.05, 0.1) is 12.4 Å². The molecule has 0 spiro atoms. The van der Waals surface area contributed by atoms with E-state index in [9.17, 15) is 13.2 Å². The first kappa shape index (κ1) is 19.5.